The number of methoxy groups -OCH3 is 1. The van der Waals surface area contributed by atoms with Crippen LogP contribution in [0, 0.1) is 0 Å². The van der Waals surface area contributed by atoms with Gasteiger partial charge in [-0.2, -0.15) is 0 Å². The van der Waals surface area contributed by atoms with E-state index in [0.29, 0.717) is 6.61 Å². The average molecular weight is 237 g/mol. The third-order valence-electron chi connectivity index (χ3n) is 2.72. The predicted octanol–water partition coefficient (Wildman–Crippen LogP) is 2.39. The fourth-order valence-corrected chi connectivity index (χ4v) is 1.94. The van der Waals surface area contributed by atoms with Crippen molar-refractivity contribution in [3.63, 3.8) is 0 Å². The van der Waals surface area contributed by atoms with Gasteiger partial charge < -0.3 is 14.8 Å². The third kappa shape index (κ3) is 4.46. The van der Waals surface area contributed by atoms with Crippen molar-refractivity contribution in [2.45, 2.75) is 26.0 Å². The summed E-state index contributed by atoms with van der Waals surface area (Å²) in [7, 11) is 1.74. The van der Waals surface area contributed by atoms with E-state index < -0.39 is 0 Å². The van der Waals surface area contributed by atoms with Gasteiger partial charge in [-0.1, -0.05) is 37.3 Å². The van der Waals surface area contributed by atoms with Gasteiger partial charge in [-0.05, 0) is 19.0 Å². The third-order valence-corrected chi connectivity index (χ3v) is 2.72. The van der Waals surface area contributed by atoms with Crippen LogP contribution in [0.1, 0.15) is 25.5 Å². The zero-order valence-electron chi connectivity index (χ0n) is 11.0. The molecular weight excluding hydrogens is 214 g/mol. The number of hydrogen-bond donors (Lipinski definition) is 1. The van der Waals surface area contributed by atoms with Gasteiger partial charge in [0.05, 0.1) is 18.8 Å². The molecule has 1 aromatic rings. The molecule has 0 radical (unpaired) electrons. The van der Waals surface area contributed by atoms with Crippen LogP contribution in [0.3, 0.4) is 0 Å². The SMILES string of the molecule is CCNC(COCC)C(OC)c1ccccc1. The molecule has 0 fully saturated rings. The maximum atomic E-state index is 5.61. The Morgan fingerprint density at radius 3 is 2.41 bits per heavy atom. The highest BCUT2D eigenvalue weighted by Gasteiger charge is 2.22. The van der Waals surface area contributed by atoms with E-state index in [0.717, 1.165) is 13.2 Å². The minimum atomic E-state index is 0.0303. The number of nitrogens with one attached hydrogen (secondary N) is 1. The summed E-state index contributed by atoms with van der Waals surface area (Å²) in [4.78, 5) is 0. The summed E-state index contributed by atoms with van der Waals surface area (Å²) in [6.07, 6.45) is 0.0303. The molecule has 96 valence electrons. The molecule has 1 rings (SSSR count). The molecule has 0 aliphatic carbocycles. The molecule has 0 spiro atoms. The van der Waals surface area contributed by atoms with Crippen LogP contribution >= 0.6 is 0 Å². The smallest absolute Gasteiger partial charge is 0.0996 e. The molecule has 17 heavy (non-hydrogen) atoms. The molecule has 0 saturated heterocycles. The first-order valence-corrected chi connectivity index (χ1v) is 6.22. The Morgan fingerprint density at radius 2 is 1.88 bits per heavy atom. The van der Waals surface area contributed by atoms with Crippen LogP contribution in [0.25, 0.3) is 0 Å². The maximum Gasteiger partial charge on any atom is 0.0996 e. The standard InChI is InChI=1S/C14H23NO2/c1-4-15-13(11-17-5-2)14(16-3)12-9-7-6-8-10-12/h6-10,13-15H,4-5,11H2,1-3H3. The summed E-state index contributed by atoms with van der Waals surface area (Å²) in [5.74, 6) is 0. The molecule has 2 atom stereocenters. The lowest BCUT2D eigenvalue weighted by atomic mass is 10.0. The summed E-state index contributed by atoms with van der Waals surface area (Å²) in [5.41, 5.74) is 1.18. The molecule has 0 amide bonds. The normalized spacial score (nSPS) is 14.5. The van der Waals surface area contributed by atoms with Crippen LogP contribution in [0.2, 0.25) is 0 Å². The molecule has 3 heteroatoms. The van der Waals surface area contributed by atoms with E-state index in [9.17, 15) is 0 Å². The van der Waals surface area contributed by atoms with Gasteiger partial charge in [-0.25, -0.2) is 0 Å². The molecule has 1 N–H and O–H groups in total. The van der Waals surface area contributed by atoms with Crippen molar-refractivity contribution >= 4 is 0 Å². The van der Waals surface area contributed by atoms with Gasteiger partial charge in [-0.3, -0.25) is 0 Å². The molecule has 0 aromatic heterocycles. The lowest BCUT2D eigenvalue weighted by molar-refractivity contribution is 0.0236. The van der Waals surface area contributed by atoms with Crippen LogP contribution in [-0.2, 0) is 9.47 Å². The van der Waals surface area contributed by atoms with Crippen molar-refractivity contribution in [2.75, 3.05) is 26.9 Å². The van der Waals surface area contributed by atoms with Gasteiger partial charge in [0.25, 0.3) is 0 Å². The van der Waals surface area contributed by atoms with Crippen molar-refractivity contribution in [1.29, 1.82) is 0 Å². The quantitative estimate of drug-likeness (QED) is 0.753. The molecule has 0 bridgehead atoms. The van der Waals surface area contributed by atoms with E-state index in [-0.39, 0.29) is 12.1 Å². The van der Waals surface area contributed by atoms with Crippen molar-refractivity contribution < 1.29 is 9.47 Å². The number of likely N-dealkylation sites (N-methyl/N-ethyl adjacent to an activating group) is 1. The Hall–Kier alpha value is -0.900. The summed E-state index contributed by atoms with van der Waals surface area (Å²) >= 11 is 0. The fraction of sp³-hybridized carbons (Fsp3) is 0.571. The molecule has 3 nitrogen and oxygen atoms in total. The first kappa shape index (κ1) is 14.2. The first-order valence-electron chi connectivity index (χ1n) is 6.22. The largest absolute Gasteiger partial charge is 0.380 e. The number of hydrogen-bond acceptors (Lipinski definition) is 3. The Morgan fingerprint density at radius 1 is 1.18 bits per heavy atom. The minimum Gasteiger partial charge on any atom is -0.380 e. The summed E-state index contributed by atoms with van der Waals surface area (Å²) in [6.45, 7) is 6.40. The summed E-state index contributed by atoms with van der Waals surface area (Å²) in [5, 5.41) is 3.42. The van der Waals surface area contributed by atoms with Crippen molar-refractivity contribution in [3.05, 3.63) is 35.9 Å². The van der Waals surface area contributed by atoms with Gasteiger partial charge in [0.2, 0.25) is 0 Å². The Balaban J connectivity index is 2.73. The highest BCUT2D eigenvalue weighted by atomic mass is 16.5. The molecule has 0 heterocycles. The average Bonchev–Trinajstić information content (AvgIpc) is 2.38. The zero-order chi connectivity index (χ0) is 12.5. The van der Waals surface area contributed by atoms with Crippen molar-refractivity contribution in [3.8, 4) is 0 Å². The zero-order valence-corrected chi connectivity index (χ0v) is 11.0. The second-order valence-corrected chi connectivity index (χ2v) is 3.89. The lowest BCUT2D eigenvalue weighted by Gasteiger charge is -2.26. The predicted molar refractivity (Wildman–Crippen MR) is 70.1 cm³/mol. The molecule has 2 unspecified atom stereocenters. The maximum absolute atomic E-state index is 5.61. The van der Waals surface area contributed by atoms with Gasteiger partial charge in [0, 0.05) is 13.7 Å². The second-order valence-electron chi connectivity index (χ2n) is 3.89. The lowest BCUT2D eigenvalue weighted by Crippen LogP contribution is -2.39. The second kappa shape index (κ2) is 8.23. The molecule has 0 aliphatic heterocycles. The van der Waals surface area contributed by atoms with E-state index in [1.807, 2.05) is 25.1 Å². The molecule has 0 saturated carbocycles. The summed E-state index contributed by atoms with van der Waals surface area (Å²) in [6, 6.07) is 10.4. The number of rotatable bonds is 8. The Kier molecular flexibility index (Phi) is 6.86. The number of benzene rings is 1. The molecule has 1 aromatic carbocycles. The van der Waals surface area contributed by atoms with Gasteiger partial charge in [-0.15, -0.1) is 0 Å². The van der Waals surface area contributed by atoms with E-state index in [2.05, 4.69) is 24.4 Å². The van der Waals surface area contributed by atoms with Crippen LogP contribution in [-0.4, -0.2) is 32.9 Å². The molecule has 0 aliphatic rings. The van der Waals surface area contributed by atoms with E-state index >= 15 is 0 Å². The Bertz CT molecular complexity index is 290. The molecular formula is C14H23NO2. The topological polar surface area (TPSA) is 30.5 Å². The minimum absolute atomic E-state index is 0.0303. The van der Waals surface area contributed by atoms with Gasteiger partial charge in [0.15, 0.2) is 0 Å². The van der Waals surface area contributed by atoms with Crippen LogP contribution in [0.5, 0.6) is 0 Å². The van der Waals surface area contributed by atoms with Crippen molar-refractivity contribution in [2.24, 2.45) is 0 Å². The van der Waals surface area contributed by atoms with Crippen LogP contribution < -0.4 is 5.32 Å². The van der Waals surface area contributed by atoms with E-state index in [1.165, 1.54) is 5.56 Å². The highest BCUT2D eigenvalue weighted by molar-refractivity contribution is 5.19. The fourth-order valence-electron chi connectivity index (χ4n) is 1.94. The van der Waals surface area contributed by atoms with E-state index in [1.54, 1.807) is 7.11 Å². The van der Waals surface area contributed by atoms with Gasteiger partial charge >= 0.3 is 0 Å². The summed E-state index contributed by atoms with van der Waals surface area (Å²) < 4.78 is 11.1. The van der Waals surface area contributed by atoms with E-state index in [4.69, 9.17) is 9.47 Å². The Labute approximate surface area is 104 Å². The number of ether oxygens (including phenoxy) is 2. The van der Waals surface area contributed by atoms with Crippen LogP contribution in [0.15, 0.2) is 30.3 Å². The van der Waals surface area contributed by atoms with Crippen molar-refractivity contribution in [1.82, 2.24) is 5.32 Å². The first-order chi connectivity index (χ1) is 8.33. The van der Waals surface area contributed by atoms with Gasteiger partial charge in [0.1, 0.15) is 0 Å². The monoisotopic (exact) mass is 237 g/mol. The highest BCUT2D eigenvalue weighted by Crippen LogP contribution is 2.20. The van der Waals surface area contributed by atoms with Crippen LogP contribution in [0.4, 0.5) is 0 Å².